The Hall–Kier alpha value is -2.11. The van der Waals surface area contributed by atoms with Crippen molar-refractivity contribution < 1.29 is 23.9 Å². The van der Waals surface area contributed by atoms with Gasteiger partial charge >= 0.3 is 11.9 Å². The Morgan fingerprint density at radius 3 is 2.10 bits per heavy atom. The zero-order valence-electron chi connectivity index (χ0n) is 20.2. The van der Waals surface area contributed by atoms with E-state index in [-0.39, 0.29) is 12.5 Å². The number of hydrogen-bond acceptors (Lipinski definition) is 5. The summed E-state index contributed by atoms with van der Waals surface area (Å²) in [5, 5.41) is 2.69. The number of amides is 1. The minimum Gasteiger partial charge on any atom is -0.464 e. The molecule has 1 amide bonds. The third-order valence-corrected chi connectivity index (χ3v) is 4.88. The zero-order chi connectivity index (χ0) is 23.5. The first-order valence-corrected chi connectivity index (χ1v) is 11.7. The van der Waals surface area contributed by atoms with Crippen molar-refractivity contribution >= 4 is 17.8 Å². The molecule has 0 aromatic rings. The number of carbonyl (C=O) groups excluding carboxylic acids is 3. The van der Waals surface area contributed by atoms with E-state index < -0.39 is 24.1 Å². The van der Waals surface area contributed by atoms with E-state index in [2.05, 4.69) is 25.2 Å². The van der Waals surface area contributed by atoms with Crippen LogP contribution in [0.15, 0.2) is 23.8 Å². The lowest BCUT2D eigenvalue weighted by Crippen LogP contribution is -2.46. The Balaban J connectivity index is 4.50. The third-order valence-electron chi connectivity index (χ3n) is 4.88. The summed E-state index contributed by atoms with van der Waals surface area (Å²) in [7, 11) is 0. The van der Waals surface area contributed by atoms with Crippen molar-refractivity contribution in [1.82, 2.24) is 5.32 Å². The van der Waals surface area contributed by atoms with E-state index in [9.17, 15) is 14.4 Å². The molecule has 0 bridgehead atoms. The molecule has 6 heteroatoms. The van der Waals surface area contributed by atoms with Crippen LogP contribution in [0.4, 0.5) is 0 Å². The quantitative estimate of drug-likeness (QED) is 0.187. The van der Waals surface area contributed by atoms with Crippen molar-refractivity contribution in [1.29, 1.82) is 0 Å². The van der Waals surface area contributed by atoms with Crippen LogP contribution in [0, 0.1) is 0 Å². The van der Waals surface area contributed by atoms with Gasteiger partial charge in [-0.3, -0.25) is 14.4 Å². The lowest BCUT2D eigenvalue weighted by molar-refractivity contribution is -0.149. The number of ether oxygens (including phenoxy) is 2. The van der Waals surface area contributed by atoms with Crippen molar-refractivity contribution in [3.8, 4) is 0 Å². The molecule has 0 aliphatic rings. The molecule has 0 aliphatic heterocycles. The fourth-order valence-electron chi connectivity index (χ4n) is 3.25. The normalized spacial score (nSPS) is 13.6. The van der Waals surface area contributed by atoms with Gasteiger partial charge in [-0.05, 0) is 38.7 Å². The first-order chi connectivity index (χ1) is 14.8. The maximum absolute atomic E-state index is 11.5. The fraction of sp³-hybridized carbons (Fsp3) is 0.720. The number of hydrogen-bond donors (Lipinski definition) is 1. The molecule has 0 spiro atoms. The van der Waals surface area contributed by atoms with E-state index >= 15 is 0 Å². The van der Waals surface area contributed by atoms with Crippen molar-refractivity contribution in [2.45, 2.75) is 111 Å². The second kappa shape index (κ2) is 18.6. The number of unbranched alkanes of at least 4 members (excludes halogenated alkanes) is 7. The van der Waals surface area contributed by atoms with Gasteiger partial charge in [-0.1, -0.05) is 63.2 Å². The lowest BCUT2D eigenvalue weighted by Gasteiger charge is -2.24. The Kier molecular flexibility index (Phi) is 17.4. The highest BCUT2D eigenvalue weighted by Crippen LogP contribution is 2.13. The highest BCUT2D eigenvalue weighted by Gasteiger charge is 2.24. The summed E-state index contributed by atoms with van der Waals surface area (Å²) < 4.78 is 10.3. The van der Waals surface area contributed by atoms with E-state index in [1.54, 1.807) is 6.08 Å². The van der Waals surface area contributed by atoms with Crippen molar-refractivity contribution in [3.05, 3.63) is 23.8 Å². The van der Waals surface area contributed by atoms with E-state index in [4.69, 9.17) is 9.47 Å². The summed E-state index contributed by atoms with van der Waals surface area (Å²) in [5.74, 6) is -1.20. The van der Waals surface area contributed by atoms with E-state index in [0.29, 0.717) is 0 Å². The van der Waals surface area contributed by atoms with Gasteiger partial charge in [0.05, 0.1) is 0 Å². The minimum atomic E-state index is -0.696. The predicted octanol–water partition coefficient (Wildman–Crippen LogP) is 5.41. The minimum absolute atomic E-state index is 0.0609. The van der Waals surface area contributed by atoms with Crippen LogP contribution in [-0.4, -0.2) is 36.6 Å². The van der Waals surface area contributed by atoms with Gasteiger partial charge in [0.1, 0.15) is 18.8 Å². The molecular weight excluding hydrogens is 394 g/mol. The summed E-state index contributed by atoms with van der Waals surface area (Å²) in [6.45, 7) is 8.33. The molecule has 1 N–H and O–H groups in total. The third kappa shape index (κ3) is 18.4. The highest BCUT2D eigenvalue weighted by atomic mass is 16.6. The van der Waals surface area contributed by atoms with Gasteiger partial charge in [0.25, 0.3) is 0 Å². The standard InChI is InChI=1S/C25H43NO5/c1-6-7-8-9-10-11-13-16-20(2)17-14-12-15-18-25(31-23(5)29)24(26-21(3)27)19-30-22(4)28/h15,17-18,24-25H,6-14,16,19H2,1-5H3,(H,26,27)/b18-15+,20-17+/t24-,25+/m0/s1. The van der Waals surface area contributed by atoms with E-state index in [1.165, 1.54) is 71.3 Å². The van der Waals surface area contributed by atoms with Crippen LogP contribution in [0.25, 0.3) is 0 Å². The highest BCUT2D eigenvalue weighted by molar-refractivity contribution is 5.73. The van der Waals surface area contributed by atoms with Crippen LogP contribution in [0.1, 0.15) is 98.8 Å². The van der Waals surface area contributed by atoms with Crippen LogP contribution in [0.3, 0.4) is 0 Å². The number of carbonyl (C=O) groups is 3. The molecule has 2 atom stereocenters. The van der Waals surface area contributed by atoms with Gasteiger partial charge in [-0.15, -0.1) is 0 Å². The number of rotatable bonds is 17. The van der Waals surface area contributed by atoms with Crippen LogP contribution in [0.2, 0.25) is 0 Å². The predicted molar refractivity (Wildman–Crippen MR) is 125 cm³/mol. The average molecular weight is 438 g/mol. The second-order valence-corrected chi connectivity index (χ2v) is 8.11. The van der Waals surface area contributed by atoms with Crippen LogP contribution in [0.5, 0.6) is 0 Å². The Labute approximate surface area is 188 Å². The molecule has 31 heavy (non-hydrogen) atoms. The molecule has 0 saturated carbocycles. The molecule has 0 unspecified atom stereocenters. The molecule has 0 rings (SSSR count). The molecule has 0 radical (unpaired) electrons. The average Bonchev–Trinajstić information content (AvgIpc) is 2.68. The number of esters is 2. The van der Waals surface area contributed by atoms with Crippen LogP contribution in [-0.2, 0) is 23.9 Å². The van der Waals surface area contributed by atoms with Gasteiger partial charge in [0.2, 0.25) is 5.91 Å². The fourth-order valence-corrected chi connectivity index (χ4v) is 3.25. The van der Waals surface area contributed by atoms with Gasteiger partial charge < -0.3 is 14.8 Å². The molecular formula is C25H43NO5. The maximum Gasteiger partial charge on any atom is 0.303 e. The van der Waals surface area contributed by atoms with E-state index in [0.717, 1.165) is 19.3 Å². The van der Waals surface area contributed by atoms with Crippen molar-refractivity contribution in [3.63, 3.8) is 0 Å². The molecule has 0 aromatic heterocycles. The topological polar surface area (TPSA) is 81.7 Å². The van der Waals surface area contributed by atoms with Crippen LogP contribution >= 0.6 is 0 Å². The van der Waals surface area contributed by atoms with Gasteiger partial charge in [0, 0.05) is 20.8 Å². The van der Waals surface area contributed by atoms with Crippen LogP contribution < -0.4 is 5.32 Å². The molecule has 0 aromatic carbocycles. The smallest absolute Gasteiger partial charge is 0.303 e. The monoisotopic (exact) mass is 437 g/mol. The number of allylic oxidation sites excluding steroid dienone is 3. The summed E-state index contributed by atoms with van der Waals surface area (Å²) in [4.78, 5) is 34.1. The first-order valence-electron chi connectivity index (χ1n) is 11.7. The molecule has 0 saturated heterocycles. The van der Waals surface area contributed by atoms with Gasteiger partial charge in [-0.2, -0.15) is 0 Å². The molecule has 0 fully saturated rings. The molecule has 0 heterocycles. The SMILES string of the molecule is CCCCCCCCC/C(C)=C/CC/C=C/[C@@H](OC(C)=O)[C@H](COC(C)=O)NC(C)=O. The largest absolute Gasteiger partial charge is 0.464 e. The zero-order valence-corrected chi connectivity index (χ0v) is 20.2. The molecule has 178 valence electrons. The summed E-state index contributed by atoms with van der Waals surface area (Å²) in [6, 6.07) is -0.629. The Bertz CT molecular complexity index is 582. The Morgan fingerprint density at radius 2 is 1.52 bits per heavy atom. The van der Waals surface area contributed by atoms with Crippen molar-refractivity contribution in [2.24, 2.45) is 0 Å². The second-order valence-electron chi connectivity index (χ2n) is 8.11. The lowest BCUT2D eigenvalue weighted by atomic mass is 10.0. The molecule has 0 aliphatic carbocycles. The van der Waals surface area contributed by atoms with E-state index in [1.807, 2.05) is 6.08 Å². The Morgan fingerprint density at radius 1 is 0.871 bits per heavy atom. The van der Waals surface area contributed by atoms with Gasteiger partial charge in [0.15, 0.2) is 0 Å². The molecule has 6 nitrogen and oxygen atoms in total. The summed E-state index contributed by atoms with van der Waals surface area (Å²) >= 11 is 0. The summed E-state index contributed by atoms with van der Waals surface area (Å²) in [5.41, 5.74) is 1.41. The number of nitrogens with one attached hydrogen (secondary N) is 1. The first kappa shape index (κ1) is 28.9. The maximum atomic E-state index is 11.5. The van der Waals surface area contributed by atoms with Crippen molar-refractivity contribution in [2.75, 3.05) is 6.61 Å². The van der Waals surface area contributed by atoms with Gasteiger partial charge in [-0.25, -0.2) is 0 Å². The summed E-state index contributed by atoms with van der Waals surface area (Å²) in [6.07, 6.45) is 17.3.